The summed E-state index contributed by atoms with van der Waals surface area (Å²) in [7, 11) is 0. The molecule has 18 heteroatoms. The van der Waals surface area contributed by atoms with Crippen LogP contribution in [0.25, 0.3) is 0 Å². The molecular formula is C29H33F6N5O7. The summed E-state index contributed by atoms with van der Waals surface area (Å²) in [5.74, 6) is -4.54. The number of benzene rings is 1. The van der Waals surface area contributed by atoms with Crippen LogP contribution in [0.3, 0.4) is 0 Å². The number of halogens is 6. The van der Waals surface area contributed by atoms with Gasteiger partial charge in [0.1, 0.15) is 5.54 Å². The van der Waals surface area contributed by atoms with Crippen LogP contribution in [0, 0.1) is 0 Å². The van der Waals surface area contributed by atoms with Crippen molar-refractivity contribution in [1.82, 2.24) is 14.8 Å². The Hall–Kier alpha value is -4.45. The van der Waals surface area contributed by atoms with Crippen molar-refractivity contribution in [2.45, 2.75) is 64.3 Å². The summed E-state index contributed by atoms with van der Waals surface area (Å²) >= 11 is 0. The molecule has 0 saturated carbocycles. The normalized spacial score (nSPS) is 18.0. The van der Waals surface area contributed by atoms with Gasteiger partial charge in [0.2, 0.25) is 5.91 Å². The van der Waals surface area contributed by atoms with Gasteiger partial charge in [-0.15, -0.1) is 13.2 Å². The highest BCUT2D eigenvalue weighted by Gasteiger charge is 2.52. The lowest BCUT2D eigenvalue weighted by molar-refractivity contribution is -0.274. The van der Waals surface area contributed by atoms with E-state index in [1.165, 1.54) is 11.0 Å². The average molecular weight is 678 g/mol. The summed E-state index contributed by atoms with van der Waals surface area (Å²) in [6.07, 6.45) is -6.98. The molecule has 2 aliphatic rings. The van der Waals surface area contributed by atoms with Gasteiger partial charge in [-0.05, 0) is 63.6 Å². The van der Waals surface area contributed by atoms with Crippen molar-refractivity contribution in [3.63, 3.8) is 0 Å². The number of urea groups is 1. The quantitative estimate of drug-likeness (QED) is 0.298. The molecule has 0 bridgehead atoms. The summed E-state index contributed by atoms with van der Waals surface area (Å²) < 4.78 is 80.8. The van der Waals surface area contributed by atoms with Gasteiger partial charge in [0.15, 0.2) is 5.75 Å². The third-order valence-corrected chi connectivity index (χ3v) is 7.30. The first-order chi connectivity index (χ1) is 21.6. The molecule has 258 valence electrons. The number of hydrogen-bond donors (Lipinski definition) is 2. The maximum atomic E-state index is 13.4. The predicted molar refractivity (Wildman–Crippen MR) is 153 cm³/mol. The number of amides is 4. The Morgan fingerprint density at radius 3 is 2.21 bits per heavy atom. The van der Waals surface area contributed by atoms with Crippen LogP contribution in [0.5, 0.6) is 5.75 Å². The van der Waals surface area contributed by atoms with E-state index in [1.807, 2.05) is 13.8 Å². The molecule has 0 aliphatic carbocycles. The largest absolute Gasteiger partial charge is 0.573 e. The average Bonchev–Trinajstić information content (AvgIpc) is 3.12. The molecule has 1 aromatic carbocycles. The number of rotatable bonds is 8. The van der Waals surface area contributed by atoms with E-state index in [9.17, 15) is 40.7 Å². The van der Waals surface area contributed by atoms with Crippen molar-refractivity contribution in [2.24, 2.45) is 0 Å². The summed E-state index contributed by atoms with van der Waals surface area (Å²) in [6.45, 7) is 9.24. The smallest absolute Gasteiger partial charge is 0.475 e. The second kappa shape index (κ2) is 14.1. The Labute approximate surface area is 265 Å². The van der Waals surface area contributed by atoms with Crippen LogP contribution in [0.4, 0.5) is 42.5 Å². The molecule has 3 heterocycles. The van der Waals surface area contributed by atoms with Gasteiger partial charge in [0, 0.05) is 44.0 Å². The van der Waals surface area contributed by atoms with Crippen LogP contribution in [0.2, 0.25) is 0 Å². The minimum absolute atomic E-state index is 0.000518. The number of hydrogen-bond acceptors (Lipinski definition) is 8. The van der Waals surface area contributed by atoms with Crippen LogP contribution in [0.15, 0.2) is 42.7 Å². The number of nitrogens with one attached hydrogen (secondary N) is 1. The molecule has 4 amide bonds. The van der Waals surface area contributed by atoms with Gasteiger partial charge in [0.05, 0.1) is 24.6 Å². The lowest BCUT2D eigenvalue weighted by Gasteiger charge is -2.42. The highest BCUT2D eigenvalue weighted by molar-refractivity contribution is 6.23. The van der Waals surface area contributed by atoms with Crippen LogP contribution < -0.4 is 15.0 Å². The van der Waals surface area contributed by atoms with Gasteiger partial charge in [0.25, 0.3) is 5.91 Å². The summed E-state index contributed by atoms with van der Waals surface area (Å²) in [4.78, 5) is 56.8. The molecule has 0 atom stereocenters. The van der Waals surface area contributed by atoms with Crippen molar-refractivity contribution >= 4 is 35.2 Å². The third kappa shape index (κ3) is 9.54. The minimum Gasteiger partial charge on any atom is -0.475 e. The van der Waals surface area contributed by atoms with Crippen molar-refractivity contribution in [3.8, 4) is 5.75 Å². The second-order valence-corrected chi connectivity index (χ2v) is 11.6. The minimum atomic E-state index is -5.08. The van der Waals surface area contributed by atoms with Gasteiger partial charge in [-0.1, -0.05) is 0 Å². The fraction of sp³-hybridized carbons (Fsp3) is 0.483. The molecular weight excluding hydrogens is 644 g/mol. The highest BCUT2D eigenvalue weighted by atomic mass is 19.4. The van der Waals surface area contributed by atoms with Gasteiger partial charge in [-0.2, -0.15) is 13.2 Å². The van der Waals surface area contributed by atoms with E-state index in [4.69, 9.17) is 14.6 Å². The summed E-state index contributed by atoms with van der Waals surface area (Å²) in [6, 6.07) is 6.07. The van der Waals surface area contributed by atoms with Crippen molar-refractivity contribution in [1.29, 1.82) is 0 Å². The molecule has 2 N–H and O–H groups in total. The van der Waals surface area contributed by atoms with Gasteiger partial charge < -0.3 is 24.8 Å². The number of pyridine rings is 1. The number of carboxylic acids is 1. The zero-order valence-corrected chi connectivity index (χ0v) is 25.7. The number of imide groups is 1. The number of anilines is 2. The molecule has 4 rings (SSSR count). The first kappa shape index (κ1) is 37.0. The van der Waals surface area contributed by atoms with Crippen molar-refractivity contribution in [3.05, 3.63) is 48.3 Å². The van der Waals surface area contributed by atoms with Crippen LogP contribution >= 0.6 is 0 Å². The molecule has 1 aromatic heterocycles. The molecule has 2 aromatic rings. The SMILES string of the molecule is CC1(C)COCCN1CCC(=O)Nc1cc(N2C(=O)N(Cc3ccncc3)C(C)(C)C2=O)ccc1OC(F)(F)F.O=C(O)C(F)(F)F. The fourth-order valence-electron chi connectivity index (χ4n) is 4.72. The first-order valence-corrected chi connectivity index (χ1v) is 14.0. The van der Waals surface area contributed by atoms with Gasteiger partial charge >= 0.3 is 24.5 Å². The number of nitrogens with zero attached hydrogens (tertiary/aromatic N) is 4. The summed E-state index contributed by atoms with van der Waals surface area (Å²) in [5.41, 5.74) is -1.10. The van der Waals surface area contributed by atoms with E-state index in [-0.39, 0.29) is 29.9 Å². The van der Waals surface area contributed by atoms with Crippen molar-refractivity contribution < 1.29 is 60.1 Å². The van der Waals surface area contributed by atoms with E-state index >= 15 is 0 Å². The topological polar surface area (TPSA) is 142 Å². The standard InChI is InChI=1S/C27H32F3N5O5.C2HF3O2/c1-25(2)17-39-14-13-33(25)12-9-22(36)32-20-15-19(5-6-21(20)40-27(28,29)30)35-23(37)26(3,4)34(24(35)38)16-18-7-10-31-11-8-18;3-2(4,5)1(6)7/h5-8,10-11,15H,9,12-14,16-17H2,1-4H3,(H,32,36);(H,6,7). The number of alkyl halides is 6. The zero-order valence-electron chi connectivity index (χ0n) is 25.7. The summed E-state index contributed by atoms with van der Waals surface area (Å²) in [5, 5.41) is 9.60. The van der Waals surface area contributed by atoms with Crippen LogP contribution in [-0.4, -0.2) is 93.6 Å². The molecule has 0 unspecified atom stereocenters. The monoisotopic (exact) mass is 677 g/mol. The maximum Gasteiger partial charge on any atom is 0.573 e. The number of ether oxygens (including phenoxy) is 2. The molecule has 0 spiro atoms. The second-order valence-electron chi connectivity index (χ2n) is 11.6. The number of aromatic nitrogens is 1. The van der Waals surface area contributed by atoms with E-state index in [2.05, 4.69) is 19.9 Å². The Kier molecular flexibility index (Phi) is 11.1. The Bertz CT molecular complexity index is 1470. The lowest BCUT2D eigenvalue weighted by atomic mass is 10.0. The van der Waals surface area contributed by atoms with Crippen LogP contribution in [0.1, 0.15) is 39.7 Å². The zero-order chi connectivity index (χ0) is 35.4. The van der Waals surface area contributed by atoms with E-state index in [1.54, 1.807) is 38.4 Å². The Morgan fingerprint density at radius 2 is 1.66 bits per heavy atom. The lowest BCUT2D eigenvalue weighted by Crippen LogP contribution is -2.53. The van der Waals surface area contributed by atoms with E-state index in [0.29, 0.717) is 26.3 Å². The fourth-order valence-corrected chi connectivity index (χ4v) is 4.72. The number of morpholine rings is 1. The highest BCUT2D eigenvalue weighted by Crippen LogP contribution is 2.38. The molecule has 0 radical (unpaired) electrons. The van der Waals surface area contributed by atoms with Crippen molar-refractivity contribution in [2.75, 3.05) is 36.5 Å². The molecule has 2 saturated heterocycles. The maximum absolute atomic E-state index is 13.4. The number of aliphatic carboxylic acids is 1. The first-order valence-electron chi connectivity index (χ1n) is 14.0. The number of carbonyl (C=O) groups is 4. The van der Waals surface area contributed by atoms with E-state index in [0.717, 1.165) is 22.6 Å². The number of carbonyl (C=O) groups excluding carboxylic acids is 3. The van der Waals surface area contributed by atoms with Gasteiger partial charge in [-0.3, -0.25) is 19.5 Å². The molecule has 2 aliphatic heterocycles. The van der Waals surface area contributed by atoms with E-state index < -0.39 is 47.6 Å². The van der Waals surface area contributed by atoms with Crippen LogP contribution in [-0.2, 0) is 25.7 Å². The molecule has 47 heavy (non-hydrogen) atoms. The molecule has 2 fully saturated rings. The Balaban J connectivity index is 0.000000771. The predicted octanol–water partition coefficient (Wildman–Crippen LogP) is 4.80. The molecule has 12 nitrogen and oxygen atoms in total. The van der Waals surface area contributed by atoms with Gasteiger partial charge in [-0.25, -0.2) is 14.5 Å². The number of carboxylic acid groups (broad SMARTS) is 1. The Morgan fingerprint density at radius 1 is 1.04 bits per heavy atom. The third-order valence-electron chi connectivity index (χ3n) is 7.30.